The van der Waals surface area contributed by atoms with Gasteiger partial charge in [-0.25, -0.2) is 4.39 Å². The van der Waals surface area contributed by atoms with Gasteiger partial charge >= 0.3 is 0 Å². The number of nitrogens with one attached hydrogen (secondary N) is 1. The van der Waals surface area contributed by atoms with Crippen molar-refractivity contribution in [3.8, 4) is 6.07 Å². The summed E-state index contributed by atoms with van der Waals surface area (Å²) in [6.45, 7) is 0.353. The molecule has 0 bridgehead atoms. The SMILES string of the molecule is N#Cc1ccc(CNc2ccnc3ccccc23)c(F)c1. The van der Waals surface area contributed by atoms with Gasteiger partial charge in [-0.2, -0.15) is 5.26 Å². The molecule has 3 rings (SSSR count). The zero-order valence-corrected chi connectivity index (χ0v) is 11.2. The molecule has 0 aliphatic rings. The number of aromatic nitrogens is 1. The van der Waals surface area contributed by atoms with Crippen molar-refractivity contribution in [2.75, 3.05) is 5.32 Å². The minimum atomic E-state index is -0.375. The maximum atomic E-state index is 13.9. The van der Waals surface area contributed by atoms with Crippen LogP contribution in [0.1, 0.15) is 11.1 Å². The molecule has 21 heavy (non-hydrogen) atoms. The van der Waals surface area contributed by atoms with Gasteiger partial charge in [0.05, 0.1) is 17.1 Å². The highest BCUT2D eigenvalue weighted by Gasteiger charge is 2.05. The summed E-state index contributed by atoms with van der Waals surface area (Å²) in [5.41, 5.74) is 2.65. The molecule has 3 aromatic rings. The first-order valence-electron chi connectivity index (χ1n) is 6.54. The Bertz CT molecular complexity index is 832. The third-order valence-corrected chi connectivity index (χ3v) is 3.30. The molecule has 0 saturated heterocycles. The van der Waals surface area contributed by atoms with E-state index in [2.05, 4.69) is 10.3 Å². The topological polar surface area (TPSA) is 48.7 Å². The number of pyridine rings is 1. The van der Waals surface area contributed by atoms with Crippen LogP contribution in [-0.4, -0.2) is 4.98 Å². The maximum Gasteiger partial charge on any atom is 0.129 e. The second-order valence-electron chi connectivity index (χ2n) is 4.65. The van der Waals surface area contributed by atoms with Crippen molar-refractivity contribution >= 4 is 16.6 Å². The molecule has 0 fully saturated rings. The normalized spacial score (nSPS) is 10.3. The molecule has 2 aromatic carbocycles. The van der Waals surface area contributed by atoms with Crippen LogP contribution < -0.4 is 5.32 Å². The quantitative estimate of drug-likeness (QED) is 0.791. The molecule has 4 heteroatoms. The molecular formula is C17H12FN3. The predicted octanol–water partition coefficient (Wildman–Crippen LogP) is 3.86. The van der Waals surface area contributed by atoms with Crippen molar-refractivity contribution in [3.63, 3.8) is 0 Å². The largest absolute Gasteiger partial charge is 0.380 e. The Morgan fingerprint density at radius 2 is 2.00 bits per heavy atom. The van der Waals surface area contributed by atoms with Crippen LogP contribution in [0, 0.1) is 17.1 Å². The van der Waals surface area contributed by atoms with E-state index in [1.165, 1.54) is 6.07 Å². The van der Waals surface area contributed by atoms with E-state index in [9.17, 15) is 4.39 Å². The van der Waals surface area contributed by atoms with Gasteiger partial charge in [-0.3, -0.25) is 4.98 Å². The summed E-state index contributed by atoms with van der Waals surface area (Å²) in [4.78, 5) is 4.29. The number of nitrogens with zero attached hydrogens (tertiary/aromatic N) is 2. The molecule has 0 aliphatic carbocycles. The molecule has 0 spiro atoms. The van der Waals surface area contributed by atoms with Crippen LogP contribution in [0.25, 0.3) is 10.9 Å². The molecular weight excluding hydrogens is 265 g/mol. The van der Waals surface area contributed by atoms with Crippen LogP contribution in [0.5, 0.6) is 0 Å². The van der Waals surface area contributed by atoms with Crippen LogP contribution in [0.2, 0.25) is 0 Å². The lowest BCUT2D eigenvalue weighted by atomic mass is 10.1. The van der Waals surface area contributed by atoms with E-state index in [0.29, 0.717) is 17.7 Å². The summed E-state index contributed by atoms with van der Waals surface area (Å²) in [6, 6.07) is 16.1. The minimum Gasteiger partial charge on any atom is -0.380 e. The van der Waals surface area contributed by atoms with E-state index in [1.54, 1.807) is 18.3 Å². The van der Waals surface area contributed by atoms with Crippen molar-refractivity contribution < 1.29 is 4.39 Å². The van der Waals surface area contributed by atoms with E-state index >= 15 is 0 Å². The van der Waals surface area contributed by atoms with Gasteiger partial charge in [0.15, 0.2) is 0 Å². The lowest BCUT2D eigenvalue weighted by Crippen LogP contribution is -2.02. The number of benzene rings is 2. The predicted molar refractivity (Wildman–Crippen MR) is 80.2 cm³/mol. The molecule has 0 atom stereocenters. The third-order valence-electron chi connectivity index (χ3n) is 3.30. The smallest absolute Gasteiger partial charge is 0.129 e. The molecule has 0 aliphatic heterocycles. The summed E-state index contributed by atoms with van der Waals surface area (Å²) in [6.07, 6.45) is 1.72. The van der Waals surface area contributed by atoms with Crippen LogP contribution in [0.4, 0.5) is 10.1 Å². The van der Waals surface area contributed by atoms with Crippen molar-refractivity contribution in [1.82, 2.24) is 4.98 Å². The summed E-state index contributed by atoms with van der Waals surface area (Å²) in [5.74, 6) is -0.375. The van der Waals surface area contributed by atoms with Gasteiger partial charge in [0.2, 0.25) is 0 Å². The van der Waals surface area contributed by atoms with Gasteiger partial charge in [0.25, 0.3) is 0 Å². The summed E-state index contributed by atoms with van der Waals surface area (Å²) in [5, 5.41) is 13.0. The first-order valence-corrected chi connectivity index (χ1v) is 6.54. The summed E-state index contributed by atoms with van der Waals surface area (Å²) >= 11 is 0. The van der Waals surface area contributed by atoms with Crippen molar-refractivity contribution in [2.45, 2.75) is 6.54 Å². The van der Waals surface area contributed by atoms with Gasteiger partial charge in [-0.1, -0.05) is 24.3 Å². The number of hydrogen-bond donors (Lipinski definition) is 1. The molecule has 1 aromatic heterocycles. The highest BCUT2D eigenvalue weighted by Crippen LogP contribution is 2.22. The Kier molecular flexibility index (Phi) is 3.48. The molecule has 102 valence electrons. The Hall–Kier alpha value is -2.93. The highest BCUT2D eigenvalue weighted by atomic mass is 19.1. The van der Waals surface area contributed by atoms with Gasteiger partial charge < -0.3 is 5.32 Å². The fourth-order valence-electron chi connectivity index (χ4n) is 2.20. The lowest BCUT2D eigenvalue weighted by molar-refractivity contribution is 0.612. The Balaban J connectivity index is 1.86. The monoisotopic (exact) mass is 277 g/mol. The molecule has 0 saturated carbocycles. The number of anilines is 1. The number of rotatable bonds is 3. The third kappa shape index (κ3) is 2.67. The van der Waals surface area contributed by atoms with E-state index in [1.807, 2.05) is 36.4 Å². The Morgan fingerprint density at radius 1 is 1.14 bits per heavy atom. The zero-order valence-electron chi connectivity index (χ0n) is 11.2. The van der Waals surface area contributed by atoms with Crippen molar-refractivity contribution in [2.24, 2.45) is 0 Å². The zero-order chi connectivity index (χ0) is 14.7. The number of fused-ring (bicyclic) bond motifs is 1. The maximum absolute atomic E-state index is 13.9. The number of nitriles is 1. The van der Waals surface area contributed by atoms with Crippen LogP contribution >= 0.6 is 0 Å². The summed E-state index contributed by atoms with van der Waals surface area (Å²) in [7, 11) is 0. The van der Waals surface area contributed by atoms with E-state index < -0.39 is 0 Å². The summed E-state index contributed by atoms with van der Waals surface area (Å²) < 4.78 is 13.9. The second kappa shape index (κ2) is 5.59. The van der Waals surface area contributed by atoms with Gasteiger partial charge in [-0.05, 0) is 24.3 Å². The first kappa shape index (κ1) is 13.1. The fraction of sp³-hybridized carbons (Fsp3) is 0.0588. The molecule has 3 nitrogen and oxygen atoms in total. The minimum absolute atomic E-state index is 0.325. The average molecular weight is 277 g/mol. The van der Waals surface area contributed by atoms with Gasteiger partial charge in [-0.15, -0.1) is 0 Å². The highest BCUT2D eigenvalue weighted by molar-refractivity contribution is 5.90. The van der Waals surface area contributed by atoms with Crippen LogP contribution in [0.15, 0.2) is 54.7 Å². The molecule has 0 unspecified atom stereocenters. The second-order valence-corrected chi connectivity index (χ2v) is 4.65. The Labute approximate surface area is 121 Å². The average Bonchev–Trinajstić information content (AvgIpc) is 2.53. The van der Waals surface area contributed by atoms with E-state index in [-0.39, 0.29) is 5.82 Å². The molecule has 0 amide bonds. The Morgan fingerprint density at radius 3 is 2.81 bits per heavy atom. The van der Waals surface area contributed by atoms with E-state index in [4.69, 9.17) is 5.26 Å². The number of halogens is 1. The molecule has 0 radical (unpaired) electrons. The fourth-order valence-corrected chi connectivity index (χ4v) is 2.20. The van der Waals surface area contributed by atoms with E-state index in [0.717, 1.165) is 16.6 Å². The number of hydrogen-bond acceptors (Lipinski definition) is 3. The molecule has 1 heterocycles. The number of para-hydroxylation sites is 1. The van der Waals surface area contributed by atoms with Crippen molar-refractivity contribution in [3.05, 3.63) is 71.7 Å². The first-order chi connectivity index (χ1) is 10.3. The molecule has 1 N–H and O–H groups in total. The standard InChI is InChI=1S/C17H12FN3/c18-15-9-12(10-19)5-6-13(15)11-21-17-7-8-20-16-4-2-1-3-14(16)17/h1-9H,11H2,(H,20,21). The van der Waals surface area contributed by atoms with Gasteiger partial charge in [0.1, 0.15) is 5.82 Å². The van der Waals surface area contributed by atoms with Crippen LogP contribution in [0.3, 0.4) is 0 Å². The van der Waals surface area contributed by atoms with Gasteiger partial charge in [0, 0.05) is 29.4 Å². The lowest BCUT2D eigenvalue weighted by Gasteiger charge is -2.10. The van der Waals surface area contributed by atoms with Crippen LogP contribution in [-0.2, 0) is 6.54 Å². The van der Waals surface area contributed by atoms with Crippen molar-refractivity contribution in [1.29, 1.82) is 5.26 Å².